The van der Waals surface area contributed by atoms with Crippen LogP contribution in [-0.2, 0) is 21.2 Å². The molecule has 1 spiro atoms. The Morgan fingerprint density at radius 3 is 2.89 bits per heavy atom. The molecule has 1 aromatic heterocycles. The fourth-order valence-corrected chi connectivity index (χ4v) is 5.26. The molecule has 1 aromatic rings. The lowest BCUT2D eigenvalue weighted by Gasteiger charge is -2.42. The van der Waals surface area contributed by atoms with Gasteiger partial charge in [-0.15, -0.1) is 0 Å². The first-order valence-corrected chi connectivity index (χ1v) is 8.20. The monoisotopic (exact) mass is 282 g/mol. The number of nitrogens with one attached hydrogen (secondary N) is 1. The molecule has 0 aliphatic carbocycles. The van der Waals surface area contributed by atoms with E-state index in [9.17, 15) is 8.42 Å². The molecule has 0 saturated carbocycles. The van der Waals surface area contributed by atoms with Crippen molar-refractivity contribution in [1.29, 1.82) is 0 Å². The van der Waals surface area contributed by atoms with Gasteiger partial charge in [-0.2, -0.15) is 0 Å². The van der Waals surface area contributed by atoms with E-state index in [1.807, 2.05) is 18.2 Å². The Bertz CT molecular complexity index is 540. The van der Waals surface area contributed by atoms with E-state index in [-0.39, 0.29) is 5.92 Å². The van der Waals surface area contributed by atoms with Gasteiger partial charge in [-0.05, 0) is 18.6 Å². The van der Waals surface area contributed by atoms with Gasteiger partial charge in [-0.3, -0.25) is 4.98 Å². The first-order chi connectivity index (χ1) is 9.14. The van der Waals surface area contributed by atoms with Gasteiger partial charge < -0.3 is 10.1 Å². The van der Waals surface area contributed by atoms with Gasteiger partial charge in [-0.1, -0.05) is 6.07 Å². The van der Waals surface area contributed by atoms with Crippen molar-refractivity contribution in [3.63, 3.8) is 0 Å². The summed E-state index contributed by atoms with van der Waals surface area (Å²) in [6, 6.07) is 5.69. The molecule has 2 saturated heterocycles. The number of rotatable bonds is 4. The van der Waals surface area contributed by atoms with Crippen LogP contribution in [-0.4, -0.2) is 43.6 Å². The van der Waals surface area contributed by atoms with E-state index < -0.39 is 14.6 Å². The molecule has 1 unspecified atom stereocenters. The van der Waals surface area contributed by atoms with Gasteiger partial charge in [0.05, 0.1) is 24.7 Å². The number of pyridine rings is 1. The van der Waals surface area contributed by atoms with E-state index in [2.05, 4.69) is 10.3 Å². The zero-order valence-electron chi connectivity index (χ0n) is 10.7. The van der Waals surface area contributed by atoms with Crippen LogP contribution in [0.25, 0.3) is 0 Å². The predicted molar refractivity (Wildman–Crippen MR) is 71.4 cm³/mol. The molecular formula is C13H18N2O3S. The SMILES string of the molecule is O=S1(=O)CCC(COCc2ccccn2)C12CNC2. The minimum atomic E-state index is -2.95. The van der Waals surface area contributed by atoms with Crippen molar-refractivity contribution < 1.29 is 13.2 Å². The number of nitrogens with zero attached hydrogens (tertiary/aromatic N) is 1. The van der Waals surface area contributed by atoms with Gasteiger partial charge in [0.2, 0.25) is 0 Å². The van der Waals surface area contributed by atoms with Crippen LogP contribution < -0.4 is 5.32 Å². The van der Waals surface area contributed by atoms with Gasteiger partial charge >= 0.3 is 0 Å². The highest BCUT2D eigenvalue weighted by Gasteiger charge is 2.58. The molecular weight excluding hydrogens is 264 g/mol. The third-order valence-electron chi connectivity index (χ3n) is 4.24. The summed E-state index contributed by atoms with van der Waals surface area (Å²) in [7, 11) is -2.95. The minimum absolute atomic E-state index is 0.113. The molecule has 1 N–H and O–H groups in total. The highest BCUT2D eigenvalue weighted by atomic mass is 32.2. The van der Waals surface area contributed by atoms with Crippen LogP contribution in [0.4, 0.5) is 0 Å². The maximum Gasteiger partial charge on any atom is 0.158 e. The van der Waals surface area contributed by atoms with Crippen molar-refractivity contribution in [2.24, 2.45) is 5.92 Å². The van der Waals surface area contributed by atoms with E-state index in [4.69, 9.17) is 4.74 Å². The molecule has 1 atom stereocenters. The van der Waals surface area contributed by atoms with Crippen LogP contribution in [0.15, 0.2) is 24.4 Å². The summed E-state index contributed by atoms with van der Waals surface area (Å²) in [5.74, 6) is 0.411. The first-order valence-electron chi connectivity index (χ1n) is 6.55. The molecule has 0 aromatic carbocycles. The molecule has 0 bridgehead atoms. The van der Waals surface area contributed by atoms with E-state index in [0.717, 1.165) is 5.69 Å². The maximum atomic E-state index is 12.1. The molecule has 19 heavy (non-hydrogen) atoms. The lowest BCUT2D eigenvalue weighted by atomic mass is 9.85. The molecule has 0 radical (unpaired) electrons. The van der Waals surface area contributed by atoms with Crippen LogP contribution in [0.3, 0.4) is 0 Å². The lowest BCUT2D eigenvalue weighted by molar-refractivity contribution is 0.0629. The Balaban J connectivity index is 1.59. The second-order valence-electron chi connectivity index (χ2n) is 5.31. The Morgan fingerprint density at radius 1 is 1.42 bits per heavy atom. The normalized spacial score (nSPS) is 27.3. The van der Waals surface area contributed by atoms with E-state index in [1.165, 1.54) is 0 Å². The molecule has 0 amide bonds. The summed E-state index contributed by atoms with van der Waals surface area (Å²) in [6.45, 7) is 2.10. The van der Waals surface area contributed by atoms with Crippen LogP contribution >= 0.6 is 0 Å². The van der Waals surface area contributed by atoms with Gasteiger partial charge in [-0.25, -0.2) is 8.42 Å². The molecule has 104 valence electrons. The fraction of sp³-hybridized carbons (Fsp3) is 0.615. The van der Waals surface area contributed by atoms with Crippen molar-refractivity contribution in [3.05, 3.63) is 30.1 Å². The summed E-state index contributed by atoms with van der Waals surface area (Å²) in [4.78, 5) is 4.19. The zero-order valence-corrected chi connectivity index (χ0v) is 11.5. The van der Waals surface area contributed by atoms with Crippen molar-refractivity contribution in [2.75, 3.05) is 25.4 Å². The highest BCUT2D eigenvalue weighted by molar-refractivity contribution is 7.93. The molecule has 3 rings (SSSR count). The number of aromatic nitrogens is 1. The molecule has 5 nitrogen and oxygen atoms in total. The number of hydrogen-bond donors (Lipinski definition) is 1. The Labute approximate surface area is 113 Å². The topological polar surface area (TPSA) is 68.3 Å². The molecule has 3 heterocycles. The summed E-state index contributed by atoms with van der Waals surface area (Å²) >= 11 is 0. The van der Waals surface area contributed by atoms with E-state index in [0.29, 0.717) is 38.5 Å². The second kappa shape index (κ2) is 4.85. The van der Waals surface area contributed by atoms with Gasteiger partial charge in [0.25, 0.3) is 0 Å². The van der Waals surface area contributed by atoms with Crippen LogP contribution in [0.5, 0.6) is 0 Å². The Hall–Kier alpha value is -0.980. The molecule has 2 aliphatic rings. The van der Waals surface area contributed by atoms with Gasteiger partial charge in [0, 0.05) is 25.2 Å². The largest absolute Gasteiger partial charge is 0.375 e. The lowest BCUT2D eigenvalue weighted by Crippen LogP contribution is -2.65. The van der Waals surface area contributed by atoms with Crippen molar-refractivity contribution in [1.82, 2.24) is 10.3 Å². The summed E-state index contributed by atoms with van der Waals surface area (Å²) in [5.41, 5.74) is 0.879. The fourth-order valence-electron chi connectivity index (χ4n) is 2.92. The second-order valence-corrected chi connectivity index (χ2v) is 7.76. The molecule has 2 aliphatic heterocycles. The third-order valence-corrected chi connectivity index (χ3v) is 6.88. The van der Waals surface area contributed by atoms with Gasteiger partial charge in [0.1, 0.15) is 4.75 Å². The Kier molecular flexibility index (Phi) is 3.32. The number of hydrogen-bond acceptors (Lipinski definition) is 5. The highest BCUT2D eigenvalue weighted by Crippen LogP contribution is 2.40. The van der Waals surface area contributed by atoms with Crippen molar-refractivity contribution >= 4 is 9.84 Å². The number of ether oxygens (including phenoxy) is 1. The number of sulfone groups is 1. The maximum absolute atomic E-state index is 12.1. The standard InChI is InChI=1S/C13H18N2O3S/c16-19(17)6-4-11(13(19)9-14-10-13)7-18-8-12-3-1-2-5-15-12/h1-3,5,11,14H,4,6-10H2. The average molecular weight is 282 g/mol. The minimum Gasteiger partial charge on any atom is -0.375 e. The van der Waals surface area contributed by atoms with E-state index in [1.54, 1.807) is 6.20 Å². The molecule has 6 heteroatoms. The summed E-state index contributed by atoms with van der Waals surface area (Å²) in [6.07, 6.45) is 2.45. The van der Waals surface area contributed by atoms with Crippen LogP contribution in [0, 0.1) is 5.92 Å². The smallest absolute Gasteiger partial charge is 0.158 e. The molecule has 2 fully saturated rings. The Morgan fingerprint density at radius 2 is 2.26 bits per heavy atom. The predicted octanol–water partition coefficient (Wildman–Crippen LogP) is 0.375. The summed E-state index contributed by atoms with van der Waals surface area (Å²) in [5, 5.41) is 3.09. The first kappa shape index (κ1) is 13.0. The van der Waals surface area contributed by atoms with Crippen LogP contribution in [0.1, 0.15) is 12.1 Å². The summed E-state index contributed by atoms with van der Waals surface area (Å²) < 4.78 is 29.3. The van der Waals surface area contributed by atoms with E-state index >= 15 is 0 Å². The van der Waals surface area contributed by atoms with Crippen molar-refractivity contribution in [2.45, 2.75) is 17.8 Å². The third kappa shape index (κ3) is 2.17. The van der Waals surface area contributed by atoms with Crippen LogP contribution in [0.2, 0.25) is 0 Å². The zero-order chi connectivity index (χ0) is 13.3. The quantitative estimate of drug-likeness (QED) is 0.864. The van der Waals surface area contributed by atoms with Gasteiger partial charge in [0.15, 0.2) is 9.84 Å². The van der Waals surface area contributed by atoms with Crippen molar-refractivity contribution in [3.8, 4) is 0 Å². The average Bonchev–Trinajstić information content (AvgIpc) is 2.62.